The van der Waals surface area contributed by atoms with E-state index in [4.69, 9.17) is 11.6 Å². The molecule has 0 unspecified atom stereocenters. The number of alkyl halides is 1. The monoisotopic (exact) mass is 192 g/mol. The molecule has 0 aliphatic heterocycles. The number of methoxy groups -OCH3 is 1. The molecule has 1 atom stereocenters. The van der Waals surface area contributed by atoms with Crippen LogP contribution in [0, 0.1) is 0 Å². The van der Waals surface area contributed by atoms with Gasteiger partial charge >= 0.3 is 11.9 Å². The molecule has 0 N–H and O–H groups in total. The molecule has 0 aromatic heterocycles. The summed E-state index contributed by atoms with van der Waals surface area (Å²) in [7, 11) is 1.21. The highest BCUT2D eigenvalue weighted by atomic mass is 35.5. The van der Waals surface area contributed by atoms with E-state index in [1.807, 2.05) is 0 Å². The minimum absolute atomic E-state index is 0.617. The molecule has 0 heterocycles. The van der Waals surface area contributed by atoms with Gasteiger partial charge in [-0.25, -0.2) is 9.59 Å². The lowest BCUT2D eigenvalue weighted by molar-refractivity contribution is -0.140. The first-order valence-corrected chi connectivity index (χ1v) is 3.60. The third-order valence-corrected chi connectivity index (χ3v) is 0.924. The molecule has 0 fully saturated rings. The minimum Gasteiger partial charge on any atom is -0.466 e. The second-order valence-corrected chi connectivity index (χ2v) is 2.45. The predicted molar refractivity (Wildman–Crippen MR) is 42.6 cm³/mol. The normalized spacial score (nSPS) is 12.6. The highest BCUT2D eigenvalue weighted by molar-refractivity contribution is 6.20. The van der Waals surface area contributed by atoms with Crippen LogP contribution >= 0.6 is 11.6 Å². The summed E-state index contributed by atoms with van der Waals surface area (Å²) >= 11 is 5.33. The van der Waals surface area contributed by atoms with Crippen LogP contribution in [-0.2, 0) is 19.1 Å². The standard InChI is InChI=1S/C7H9ClO4/c1-5(8)12-7(10)4-3-6(9)11-2/h3-5H,1-2H3/b4-3+/t5-/m1/s1. The Morgan fingerprint density at radius 2 is 1.83 bits per heavy atom. The van der Waals surface area contributed by atoms with E-state index in [1.165, 1.54) is 14.0 Å². The molecule has 0 amide bonds. The van der Waals surface area contributed by atoms with Gasteiger partial charge in [-0.2, -0.15) is 0 Å². The first-order valence-electron chi connectivity index (χ1n) is 3.17. The summed E-state index contributed by atoms with van der Waals surface area (Å²) in [5, 5.41) is 0. The van der Waals surface area contributed by atoms with Crippen LogP contribution in [0.1, 0.15) is 6.92 Å². The molecule has 5 heteroatoms. The number of halogens is 1. The molecule has 0 radical (unpaired) electrons. The smallest absolute Gasteiger partial charge is 0.332 e. The van der Waals surface area contributed by atoms with Crippen molar-refractivity contribution in [2.75, 3.05) is 7.11 Å². The van der Waals surface area contributed by atoms with Crippen LogP contribution in [0.4, 0.5) is 0 Å². The Kier molecular flexibility index (Phi) is 5.12. The van der Waals surface area contributed by atoms with E-state index in [0.29, 0.717) is 0 Å². The Labute approximate surface area is 75.1 Å². The number of esters is 2. The Hall–Kier alpha value is -1.03. The molecular formula is C7H9ClO4. The quantitative estimate of drug-likeness (QED) is 0.378. The molecule has 0 saturated carbocycles. The Bertz CT molecular complexity index is 198. The van der Waals surface area contributed by atoms with Gasteiger partial charge in [0.05, 0.1) is 7.11 Å². The average molecular weight is 193 g/mol. The van der Waals surface area contributed by atoms with Crippen LogP contribution in [0.3, 0.4) is 0 Å². The van der Waals surface area contributed by atoms with Crippen molar-refractivity contribution in [1.29, 1.82) is 0 Å². The third-order valence-electron chi connectivity index (χ3n) is 0.835. The summed E-state index contributed by atoms with van der Waals surface area (Å²) in [6, 6.07) is 0. The highest BCUT2D eigenvalue weighted by Gasteiger charge is 2.02. The molecule has 12 heavy (non-hydrogen) atoms. The zero-order valence-corrected chi connectivity index (χ0v) is 7.50. The van der Waals surface area contributed by atoms with Crippen LogP contribution in [0.5, 0.6) is 0 Å². The fourth-order valence-electron chi connectivity index (χ4n) is 0.403. The van der Waals surface area contributed by atoms with Crippen molar-refractivity contribution in [2.24, 2.45) is 0 Å². The molecule has 0 aromatic carbocycles. The van der Waals surface area contributed by atoms with Crippen LogP contribution in [-0.4, -0.2) is 24.6 Å². The average Bonchev–Trinajstić information content (AvgIpc) is 1.99. The van der Waals surface area contributed by atoms with Crippen molar-refractivity contribution >= 4 is 23.5 Å². The number of hydrogen-bond donors (Lipinski definition) is 0. The van der Waals surface area contributed by atoms with Gasteiger partial charge in [0.25, 0.3) is 0 Å². The number of carbonyl (C=O) groups excluding carboxylic acids is 2. The van der Waals surface area contributed by atoms with Gasteiger partial charge in [-0.1, -0.05) is 11.6 Å². The summed E-state index contributed by atoms with van der Waals surface area (Å²) < 4.78 is 8.72. The van der Waals surface area contributed by atoms with Gasteiger partial charge in [-0.05, 0) is 6.92 Å². The maximum atomic E-state index is 10.7. The van der Waals surface area contributed by atoms with E-state index in [2.05, 4.69) is 9.47 Å². The van der Waals surface area contributed by atoms with Crippen LogP contribution in [0.2, 0.25) is 0 Å². The van der Waals surface area contributed by atoms with Crippen molar-refractivity contribution in [3.05, 3.63) is 12.2 Å². The van der Waals surface area contributed by atoms with Crippen molar-refractivity contribution in [1.82, 2.24) is 0 Å². The maximum Gasteiger partial charge on any atom is 0.332 e. The molecule has 0 saturated heterocycles. The van der Waals surface area contributed by atoms with Crippen molar-refractivity contribution in [3.63, 3.8) is 0 Å². The maximum absolute atomic E-state index is 10.7. The lowest BCUT2D eigenvalue weighted by Gasteiger charge is -2.01. The van der Waals surface area contributed by atoms with Gasteiger partial charge in [-0.15, -0.1) is 0 Å². The summed E-state index contributed by atoms with van der Waals surface area (Å²) in [6.45, 7) is 1.49. The van der Waals surface area contributed by atoms with E-state index >= 15 is 0 Å². The first-order chi connectivity index (χ1) is 5.56. The zero-order chi connectivity index (χ0) is 9.56. The molecule has 0 aliphatic rings. The number of hydrogen-bond acceptors (Lipinski definition) is 4. The molecule has 4 nitrogen and oxygen atoms in total. The second-order valence-electron chi connectivity index (χ2n) is 1.84. The van der Waals surface area contributed by atoms with Crippen molar-refractivity contribution < 1.29 is 19.1 Å². The summed E-state index contributed by atoms with van der Waals surface area (Å²) in [5.41, 5.74) is -0.709. The van der Waals surface area contributed by atoms with E-state index < -0.39 is 17.5 Å². The Balaban J connectivity index is 3.83. The van der Waals surface area contributed by atoms with Gasteiger partial charge < -0.3 is 9.47 Å². The van der Waals surface area contributed by atoms with Gasteiger partial charge in [-0.3, -0.25) is 0 Å². The summed E-state index contributed by atoms with van der Waals surface area (Å²) in [4.78, 5) is 21.1. The van der Waals surface area contributed by atoms with E-state index in [9.17, 15) is 9.59 Å². The van der Waals surface area contributed by atoms with Gasteiger partial charge in [0.15, 0.2) is 5.56 Å². The Morgan fingerprint density at radius 3 is 2.25 bits per heavy atom. The van der Waals surface area contributed by atoms with Crippen LogP contribution < -0.4 is 0 Å². The lowest BCUT2D eigenvalue weighted by atomic mass is 10.5. The first kappa shape index (κ1) is 11.0. The summed E-state index contributed by atoms with van der Waals surface area (Å²) in [6.07, 6.45) is 1.91. The topological polar surface area (TPSA) is 52.6 Å². The number of ether oxygens (including phenoxy) is 2. The van der Waals surface area contributed by atoms with E-state index in [1.54, 1.807) is 0 Å². The Morgan fingerprint density at radius 1 is 1.33 bits per heavy atom. The van der Waals surface area contributed by atoms with Crippen molar-refractivity contribution in [3.8, 4) is 0 Å². The predicted octanol–water partition coefficient (Wildman–Crippen LogP) is 0.844. The highest BCUT2D eigenvalue weighted by Crippen LogP contribution is 1.96. The van der Waals surface area contributed by atoms with Gasteiger partial charge in [0.1, 0.15) is 0 Å². The van der Waals surface area contributed by atoms with Gasteiger partial charge in [0.2, 0.25) is 0 Å². The zero-order valence-electron chi connectivity index (χ0n) is 6.74. The second kappa shape index (κ2) is 5.60. The molecule has 0 bridgehead atoms. The fourth-order valence-corrected chi connectivity index (χ4v) is 0.491. The number of carbonyl (C=O) groups is 2. The molecule has 0 aromatic rings. The molecule has 0 aliphatic carbocycles. The van der Waals surface area contributed by atoms with Crippen LogP contribution in [0.25, 0.3) is 0 Å². The van der Waals surface area contributed by atoms with Gasteiger partial charge in [0, 0.05) is 12.2 Å². The molecule has 0 spiro atoms. The third kappa shape index (κ3) is 5.73. The minimum atomic E-state index is -0.709. The molecule has 68 valence electrons. The van der Waals surface area contributed by atoms with Crippen molar-refractivity contribution in [2.45, 2.75) is 12.5 Å². The van der Waals surface area contributed by atoms with Crippen LogP contribution in [0.15, 0.2) is 12.2 Å². The van der Waals surface area contributed by atoms with E-state index in [-0.39, 0.29) is 0 Å². The molecular weight excluding hydrogens is 184 g/mol. The largest absolute Gasteiger partial charge is 0.466 e. The van der Waals surface area contributed by atoms with E-state index in [0.717, 1.165) is 12.2 Å². The number of rotatable bonds is 3. The summed E-state index contributed by atoms with van der Waals surface area (Å²) in [5.74, 6) is -1.29. The SMILES string of the molecule is COC(=O)/C=C/C(=O)O[C@H](C)Cl. The fraction of sp³-hybridized carbons (Fsp3) is 0.429. The lowest BCUT2D eigenvalue weighted by Crippen LogP contribution is -2.07. The molecule has 0 rings (SSSR count).